The van der Waals surface area contributed by atoms with Crippen LogP contribution in [0.2, 0.25) is 5.02 Å². The Morgan fingerprint density at radius 1 is 1.37 bits per heavy atom. The molecule has 5 heteroatoms. The van der Waals surface area contributed by atoms with E-state index in [1.165, 1.54) is 0 Å². The molecular weight excluding hydrogens is 262 g/mol. The zero-order valence-corrected chi connectivity index (χ0v) is 12.0. The molecule has 1 amide bonds. The molecule has 2 aliphatic heterocycles. The van der Waals surface area contributed by atoms with Crippen LogP contribution in [0.3, 0.4) is 0 Å². The zero-order chi connectivity index (χ0) is 13.6. The minimum Gasteiger partial charge on any atom is -0.324 e. The van der Waals surface area contributed by atoms with Gasteiger partial charge in [0.1, 0.15) is 0 Å². The third kappa shape index (κ3) is 1.86. The van der Waals surface area contributed by atoms with Gasteiger partial charge in [0.05, 0.1) is 16.1 Å². The molecule has 0 aliphatic carbocycles. The number of nitrogens with one attached hydrogen (secondary N) is 2. The fourth-order valence-corrected chi connectivity index (χ4v) is 3.53. The van der Waals surface area contributed by atoms with Crippen molar-refractivity contribution >= 4 is 23.2 Å². The van der Waals surface area contributed by atoms with Crippen molar-refractivity contribution in [2.75, 3.05) is 25.5 Å². The van der Waals surface area contributed by atoms with Crippen molar-refractivity contribution in [3.63, 3.8) is 0 Å². The van der Waals surface area contributed by atoms with Gasteiger partial charge >= 0.3 is 0 Å². The molecule has 102 valence electrons. The first-order valence-electron chi connectivity index (χ1n) is 6.61. The molecule has 0 saturated carbocycles. The Morgan fingerprint density at radius 2 is 2.05 bits per heavy atom. The van der Waals surface area contributed by atoms with Crippen LogP contribution in [0.5, 0.6) is 0 Å². The van der Waals surface area contributed by atoms with E-state index in [0.717, 1.165) is 42.7 Å². The molecule has 0 atom stereocenters. The molecule has 0 radical (unpaired) electrons. The highest BCUT2D eigenvalue weighted by atomic mass is 35.5. The Hall–Kier alpha value is -1.10. The third-order valence-electron chi connectivity index (χ3n) is 4.36. The first-order chi connectivity index (χ1) is 9.06. The van der Waals surface area contributed by atoms with Gasteiger partial charge in [-0.25, -0.2) is 5.01 Å². The largest absolute Gasteiger partial charge is 0.324 e. The monoisotopic (exact) mass is 279 g/mol. The third-order valence-corrected chi connectivity index (χ3v) is 4.65. The number of fused-ring (bicyclic) bond motifs is 2. The topological polar surface area (TPSA) is 44.4 Å². The maximum Gasteiger partial charge on any atom is 0.235 e. The van der Waals surface area contributed by atoms with Gasteiger partial charge in [-0.15, -0.1) is 0 Å². The predicted molar refractivity (Wildman–Crippen MR) is 76.4 cm³/mol. The van der Waals surface area contributed by atoms with Crippen molar-refractivity contribution in [2.24, 2.45) is 0 Å². The van der Waals surface area contributed by atoms with Crippen molar-refractivity contribution in [2.45, 2.75) is 25.2 Å². The summed E-state index contributed by atoms with van der Waals surface area (Å²) in [6, 6.07) is 4.01. The number of aryl methyl sites for hydroxylation is 1. The van der Waals surface area contributed by atoms with Crippen molar-refractivity contribution in [1.82, 2.24) is 10.4 Å². The van der Waals surface area contributed by atoms with Gasteiger partial charge in [0.2, 0.25) is 5.91 Å². The first kappa shape index (κ1) is 12.9. The van der Waals surface area contributed by atoms with Crippen LogP contribution in [0, 0.1) is 6.92 Å². The predicted octanol–water partition coefficient (Wildman–Crippen LogP) is 2.07. The van der Waals surface area contributed by atoms with E-state index in [1.807, 2.05) is 20.0 Å². The summed E-state index contributed by atoms with van der Waals surface area (Å²) in [6.07, 6.45) is 1.65. The summed E-state index contributed by atoms with van der Waals surface area (Å²) in [5.74, 6) is 0.103. The second-order valence-electron chi connectivity index (χ2n) is 5.42. The lowest BCUT2D eigenvalue weighted by molar-refractivity contribution is -0.122. The van der Waals surface area contributed by atoms with E-state index in [9.17, 15) is 4.79 Å². The molecule has 4 nitrogen and oxygen atoms in total. The van der Waals surface area contributed by atoms with Crippen LogP contribution < -0.4 is 10.7 Å². The van der Waals surface area contributed by atoms with E-state index in [2.05, 4.69) is 21.8 Å². The number of anilines is 1. The second kappa shape index (κ2) is 4.47. The minimum absolute atomic E-state index is 0.103. The molecule has 2 N–H and O–H groups in total. The number of hydrogen-bond donors (Lipinski definition) is 2. The maximum absolute atomic E-state index is 12.5. The molecule has 1 saturated heterocycles. The minimum atomic E-state index is -0.391. The molecule has 2 heterocycles. The SMILES string of the molecule is CNN1CCC2(CC1)C(=O)Nc1c(Cl)cc(C)cc12. The number of amides is 1. The molecule has 1 spiro atoms. The van der Waals surface area contributed by atoms with E-state index in [4.69, 9.17) is 11.6 Å². The summed E-state index contributed by atoms with van der Waals surface area (Å²) in [5.41, 5.74) is 5.76. The summed E-state index contributed by atoms with van der Waals surface area (Å²) in [6.45, 7) is 3.76. The van der Waals surface area contributed by atoms with Gasteiger partial charge in [-0.05, 0) is 44.0 Å². The van der Waals surface area contributed by atoms with E-state index in [1.54, 1.807) is 0 Å². The van der Waals surface area contributed by atoms with Gasteiger partial charge < -0.3 is 5.32 Å². The average Bonchev–Trinajstić information content (AvgIpc) is 2.66. The zero-order valence-electron chi connectivity index (χ0n) is 11.2. The number of piperidine rings is 1. The average molecular weight is 280 g/mol. The fourth-order valence-electron chi connectivity index (χ4n) is 3.21. The number of benzene rings is 1. The van der Waals surface area contributed by atoms with E-state index in [0.29, 0.717) is 5.02 Å². The highest BCUT2D eigenvalue weighted by Gasteiger charge is 2.49. The maximum atomic E-state index is 12.5. The molecule has 1 aromatic carbocycles. The van der Waals surface area contributed by atoms with Gasteiger partial charge in [-0.2, -0.15) is 0 Å². The lowest BCUT2D eigenvalue weighted by Crippen LogP contribution is -2.50. The van der Waals surface area contributed by atoms with Gasteiger partial charge in [-0.1, -0.05) is 17.7 Å². The van der Waals surface area contributed by atoms with Crippen LogP contribution >= 0.6 is 11.6 Å². The Kier molecular flexibility index (Phi) is 3.04. The standard InChI is InChI=1S/C14H18ClN3O/c1-9-7-10-12(11(15)8-9)17-13(19)14(10)3-5-18(16-2)6-4-14/h7-8,16H,3-6H2,1-2H3,(H,17,19). The van der Waals surface area contributed by atoms with E-state index < -0.39 is 5.41 Å². The van der Waals surface area contributed by atoms with Crippen molar-refractivity contribution in [3.8, 4) is 0 Å². The highest BCUT2D eigenvalue weighted by molar-refractivity contribution is 6.35. The fraction of sp³-hybridized carbons (Fsp3) is 0.500. The van der Waals surface area contributed by atoms with Gasteiger partial charge in [0.15, 0.2) is 0 Å². The molecular formula is C14H18ClN3O. The van der Waals surface area contributed by atoms with Gasteiger partial charge in [-0.3, -0.25) is 10.2 Å². The number of nitrogens with zero attached hydrogens (tertiary/aromatic N) is 1. The van der Waals surface area contributed by atoms with Crippen LogP contribution in [0.15, 0.2) is 12.1 Å². The Labute approximate surface area is 118 Å². The molecule has 0 unspecified atom stereocenters. The molecule has 2 aliphatic rings. The summed E-state index contributed by atoms with van der Waals surface area (Å²) in [7, 11) is 1.92. The number of carbonyl (C=O) groups excluding carboxylic acids is 1. The van der Waals surface area contributed by atoms with Crippen LogP contribution in [-0.4, -0.2) is 31.1 Å². The van der Waals surface area contributed by atoms with Crippen molar-refractivity contribution in [1.29, 1.82) is 0 Å². The molecule has 19 heavy (non-hydrogen) atoms. The van der Waals surface area contributed by atoms with Crippen LogP contribution in [-0.2, 0) is 10.2 Å². The lowest BCUT2D eigenvalue weighted by atomic mass is 9.73. The van der Waals surface area contributed by atoms with Crippen LogP contribution in [0.1, 0.15) is 24.0 Å². The highest BCUT2D eigenvalue weighted by Crippen LogP contribution is 2.47. The summed E-state index contributed by atoms with van der Waals surface area (Å²) in [5, 5.41) is 5.77. The quantitative estimate of drug-likeness (QED) is 0.827. The summed E-state index contributed by atoms with van der Waals surface area (Å²) >= 11 is 6.26. The first-order valence-corrected chi connectivity index (χ1v) is 6.99. The number of carbonyl (C=O) groups is 1. The molecule has 1 fully saturated rings. The molecule has 1 aromatic rings. The Bertz CT molecular complexity index is 536. The number of rotatable bonds is 1. The van der Waals surface area contributed by atoms with Gasteiger partial charge in [0, 0.05) is 13.1 Å². The second-order valence-corrected chi connectivity index (χ2v) is 5.82. The Balaban J connectivity index is 2.03. The molecule has 0 aromatic heterocycles. The Morgan fingerprint density at radius 3 is 2.68 bits per heavy atom. The van der Waals surface area contributed by atoms with Crippen molar-refractivity contribution in [3.05, 3.63) is 28.3 Å². The summed E-state index contributed by atoms with van der Waals surface area (Å²) in [4.78, 5) is 12.5. The van der Waals surface area contributed by atoms with Crippen molar-refractivity contribution < 1.29 is 4.79 Å². The number of hydrazine groups is 1. The normalized spacial score (nSPS) is 21.5. The lowest BCUT2D eigenvalue weighted by Gasteiger charge is -2.37. The van der Waals surface area contributed by atoms with Crippen LogP contribution in [0.4, 0.5) is 5.69 Å². The number of hydrogen-bond acceptors (Lipinski definition) is 3. The number of halogens is 1. The van der Waals surface area contributed by atoms with E-state index in [-0.39, 0.29) is 5.91 Å². The van der Waals surface area contributed by atoms with E-state index >= 15 is 0 Å². The molecule has 3 rings (SSSR count). The molecule has 0 bridgehead atoms. The van der Waals surface area contributed by atoms with Gasteiger partial charge in [0.25, 0.3) is 0 Å². The van der Waals surface area contributed by atoms with Crippen LogP contribution in [0.25, 0.3) is 0 Å². The summed E-state index contributed by atoms with van der Waals surface area (Å²) < 4.78 is 0. The smallest absolute Gasteiger partial charge is 0.235 e.